The van der Waals surface area contributed by atoms with Gasteiger partial charge in [0.1, 0.15) is 11.9 Å². The van der Waals surface area contributed by atoms with Crippen LogP contribution in [0.25, 0.3) is 0 Å². The molecule has 0 aliphatic rings. The first-order valence-electron chi connectivity index (χ1n) is 5.80. The summed E-state index contributed by atoms with van der Waals surface area (Å²) in [6.07, 6.45) is -0.162. The smallest absolute Gasteiger partial charge is 0.148 e. The molecule has 2 unspecified atom stereocenters. The van der Waals surface area contributed by atoms with E-state index in [0.29, 0.717) is 10.8 Å². The van der Waals surface area contributed by atoms with Crippen LogP contribution in [0, 0.1) is 6.92 Å². The van der Waals surface area contributed by atoms with E-state index in [2.05, 4.69) is 18.4 Å². The van der Waals surface area contributed by atoms with E-state index >= 15 is 0 Å². The lowest BCUT2D eigenvalue weighted by Crippen LogP contribution is -2.28. The van der Waals surface area contributed by atoms with Crippen LogP contribution in [-0.4, -0.2) is 6.04 Å². The summed E-state index contributed by atoms with van der Waals surface area (Å²) in [7, 11) is 0. The van der Waals surface area contributed by atoms with Crippen molar-refractivity contribution in [3.8, 4) is 5.75 Å². The summed E-state index contributed by atoms with van der Waals surface area (Å²) < 4.78 is 5.99. The molecular weight excluding hydrogens is 266 g/mol. The third-order valence-electron chi connectivity index (χ3n) is 2.73. The average Bonchev–Trinajstić information content (AvgIpc) is 2.74. The fraction of sp³-hybridized carbons (Fsp3) is 0.286. The summed E-state index contributed by atoms with van der Waals surface area (Å²) in [6.45, 7) is 4.01. The van der Waals surface area contributed by atoms with Gasteiger partial charge in [0.15, 0.2) is 0 Å². The molecule has 0 saturated carbocycles. The first-order valence-corrected chi connectivity index (χ1v) is 7.06. The Hall–Kier alpha value is -1.03. The highest BCUT2D eigenvalue weighted by Gasteiger charge is 2.22. The Balaban J connectivity index is 2.28. The van der Waals surface area contributed by atoms with E-state index < -0.39 is 0 Å². The molecule has 0 aliphatic carbocycles. The number of hydrogen-bond acceptors (Lipinski definition) is 3. The van der Waals surface area contributed by atoms with Gasteiger partial charge in [0, 0.05) is 10.9 Å². The molecule has 18 heavy (non-hydrogen) atoms. The van der Waals surface area contributed by atoms with Crippen LogP contribution in [0.15, 0.2) is 35.7 Å². The first kappa shape index (κ1) is 13.4. The Bertz CT molecular complexity index is 524. The molecule has 4 heteroatoms. The molecule has 0 radical (unpaired) electrons. The predicted molar refractivity (Wildman–Crippen MR) is 77.5 cm³/mol. The summed E-state index contributed by atoms with van der Waals surface area (Å²) in [5.74, 6) is 0.675. The topological polar surface area (TPSA) is 35.2 Å². The van der Waals surface area contributed by atoms with Crippen molar-refractivity contribution in [1.29, 1.82) is 0 Å². The van der Waals surface area contributed by atoms with Gasteiger partial charge in [-0.15, -0.1) is 11.3 Å². The molecule has 2 nitrogen and oxygen atoms in total. The average molecular weight is 282 g/mol. The highest BCUT2D eigenvalue weighted by atomic mass is 35.5. The monoisotopic (exact) mass is 281 g/mol. The fourth-order valence-electron chi connectivity index (χ4n) is 1.75. The normalized spacial score (nSPS) is 14.2. The maximum Gasteiger partial charge on any atom is 0.148 e. The Labute approximate surface area is 116 Å². The van der Waals surface area contributed by atoms with Gasteiger partial charge in [0.05, 0.1) is 5.02 Å². The van der Waals surface area contributed by atoms with Crippen molar-refractivity contribution in [2.24, 2.45) is 5.73 Å². The number of nitrogens with two attached hydrogens (primary N) is 1. The first-order chi connectivity index (χ1) is 8.59. The summed E-state index contributed by atoms with van der Waals surface area (Å²) in [6, 6.07) is 9.44. The van der Waals surface area contributed by atoms with Crippen molar-refractivity contribution in [3.05, 3.63) is 51.2 Å². The lowest BCUT2D eigenvalue weighted by atomic mass is 10.1. The highest BCUT2D eigenvalue weighted by molar-refractivity contribution is 7.10. The lowest BCUT2D eigenvalue weighted by Gasteiger charge is -2.23. The van der Waals surface area contributed by atoms with Crippen LogP contribution in [0.1, 0.15) is 23.5 Å². The maximum atomic E-state index is 6.11. The van der Waals surface area contributed by atoms with Gasteiger partial charge in [-0.25, -0.2) is 0 Å². The maximum absolute atomic E-state index is 6.11. The minimum absolute atomic E-state index is 0.0985. The molecule has 1 aromatic carbocycles. The predicted octanol–water partition coefficient (Wildman–Crippen LogP) is 4.18. The second-order valence-corrected chi connectivity index (χ2v) is 5.65. The third-order valence-corrected chi connectivity index (χ3v) is 4.12. The molecule has 96 valence electrons. The van der Waals surface area contributed by atoms with Crippen LogP contribution < -0.4 is 10.5 Å². The molecule has 0 fully saturated rings. The standard InChI is InChI=1S/C14H16ClNOS/c1-9-7-8-18-14(9)13(10(2)16)17-12-6-4-3-5-11(12)15/h3-8,10,13H,16H2,1-2H3. The van der Waals surface area contributed by atoms with E-state index in [4.69, 9.17) is 22.1 Å². The molecule has 1 aromatic heterocycles. The molecule has 2 atom stereocenters. The van der Waals surface area contributed by atoms with E-state index in [1.54, 1.807) is 11.3 Å². The van der Waals surface area contributed by atoms with Crippen LogP contribution in [0.5, 0.6) is 5.75 Å². The van der Waals surface area contributed by atoms with Crippen LogP contribution in [0.3, 0.4) is 0 Å². The van der Waals surface area contributed by atoms with Gasteiger partial charge in [0.25, 0.3) is 0 Å². The second-order valence-electron chi connectivity index (χ2n) is 4.30. The van der Waals surface area contributed by atoms with Crippen molar-refractivity contribution in [2.75, 3.05) is 0 Å². The Morgan fingerprint density at radius 3 is 2.56 bits per heavy atom. The highest BCUT2D eigenvalue weighted by Crippen LogP contribution is 2.33. The zero-order valence-electron chi connectivity index (χ0n) is 10.4. The third kappa shape index (κ3) is 2.86. The lowest BCUT2D eigenvalue weighted by molar-refractivity contribution is 0.183. The molecule has 1 heterocycles. The van der Waals surface area contributed by atoms with Gasteiger partial charge >= 0.3 is 0 Å². The largest absolute Gasteiger partial charge is 0.482 e. The van der Waals surface area contributed by atoms with Crippen LogP contribution in [0.2, 0.25) is 5.02 Å². The Kier molecular flexibility index (Phi) is 4.27. The van der Waals surface area contributed by atoms with Gasteiger partial charge in [-0.2, -0.15) is 0 Å². The quantitative estimate of drug-likeness (QED) is 0.912. The van der Waals surface area contributed by atoms with E-state index in [9.17, 15) is 0 Å². The van der Waals surface area contributed by atoms with Gasteiger partial charge < -0.3 is 10.5 Å². The van der Waals surface area contributed by atoms with E-state index in [1.165, 1.54) is 5.56 Å². The molecule has 0 saturated heterocycles. The van der Waals surface area contributed by atoms with Crippen molar-refractivity contribution >= 4 is 22.9 Å². The number of halogens is 1. The molecular formula is C14H16ClNOS. The number of aryl methyl sites for hydroxylation is 1. The number of hydrogen-bond donors (Lipinski definition) is 1. The van der Waals surface area contributed by atoms with E-state index in [1.807, 2.05) is 31.2 Å². The number of ether oxygens (including phenoxy) is 1. The van der Waals surface area contributed by atoms with Gasteiger partial charge in [0.2, 0.25) is 0 Å². The number of para-hydroxylation sites is 1. The summed E-state index contributed by atoms with van der Waals surface area (Å²) in [5, 5.41) is 2.66. The van der Waals surface area contributed by atoms with Crippen LogP contribution >= 0.6 is 22.9 Å². The van der Waals surface area contributed by atoms with Crippen molar-refractivity contribution in [3.63, 3.8) is 0 Å². The van der Waals surface area contributed by atoms with Crippen LogP contribution in [0.4, 0.5) is 0 Å². The summed E-state index contributed by atoms with van der Waals surface area (Å²) >= 11 is 7.77. The SMILES string of the molecule is Cc1ccsc1C(Oc1ccccc1Cl)C(C)N. The minimum atomic E-state index is -0.162. The van der Waals surface area contributed by atoms with Crippen molar-refractivity contribution in [1.82, 2.24) is 0 Å². The zero-order valence-corrected chi connectivity index (χ0v) is 12.0. The van der Waals surface area contributed by atoms with Gasteiger partial charge in [-0.1, -0.05) is 23.7 Å². The number of rotatable bonds is 4. The minimum Gasteiger partial charge on any atom is -0.482 e. The zero-order chi connectivity index (χ0) is 13.1. The number of benzene rings is 1. The molecule has 0 spiro atoms. The van der Waals surface area contributed by atoms with Gasteiger partial charge in [-0.3, -0.25) is 0 Å². The molecule has 0 amide bonds. The Morgan fingerprint density at radius 1 is 1.28 bits per heavy atom. The van der Waals surface area contributed by atoms with Crippen molar-refractivity contribution in [2.45, 2.75) is 26.0 Å². The van der Waals surface area contributed by atoms with E-state index in [-0.39, 0.29) is 12.1 Å². The molecule has 0 aliphatic heterocycles. The number of thiophene rings is 1. The fourth-order valence-corrected chi connectivity index (χ4v) is 3.00. The molecule has 2 aromatic rings. The molecule has 2 rings (SSSR count). The second kappa shape index (κ2) is 5.74. The summed E-state index contributed by atoms with van der Waals surface area (Å²) in [4.78, 5) is 1.16. The molecule has 0 bridgehead atoms. The Morgan fingerprint density at radius 2 is 2.00 bits per heavy atom. The molecule has 2 N–H and O–H groups in total. The summed E-state index contributed by atoms with van der Waals surface area (Å²) in [5.41, 5.74) is 7.24. The van der Waals surface area contributed by atoms with Crippen molar-refractivity contribution < 1.29 is 4.74 Å². The van der Waals surface area contributed by atoms with E-state index in [0.717, 1.165) is 4.88 Å². The van der Waals surface area contributed by atoms with Gasteiger partial charge in [-0.05, 0) is 43.0 Å². The van der Waals surface area contributed by atoms with Crippen LogP contribution in [-0.2, 0) is 0 Å².